The first-order valence-electron chi connectivity index (χ1n) is 6.81. The van der Waals surface area contributed by atoms with Crippen LogP contribution >= 0.6 is 11.6 Å². The fraction of sp³-hybridized carbons (Fsp3) is 0.533. The van der Waals surface area contributed by atoms with E-state index in [1.165, 1.54) is 0 Å². The summed E-state index contributed by atoms with van der Waals surface area (Å²) in [6.45, 7) is 3.70. The van der Waals surface area contributed by atoms with E-state index in [1.54, 1.807) is 19.2 Å². The molecule has 0 aliphatic rings. The molecule has 1 unspecified atom stereocenters. The van der Waals surface area contributed by atoms with Crippen molar-refractivity contribution in [2.24, 2.45) is 0 Å². The molecule has 0 aromatic heterocycles. The molecule has 0 aliphatic carbocycles. The molecule has 0 spiro atoms. The van der Waals surface area contributed by atoms with Gasteiger partial charge in [-0.1, -0.05) is 13.0 Å². The molecule has 0 bridgehead atoms. The van der Waals surface area contributed by atoms with Gasteiger partial charge in [-0.15, -0.1) is 11.6 Å². The summed E-state index contributed by atoms with van der Waals surface area (Å²) in [6.07, 6.45) is 1.61. The summed E-state index contributed by atoms with van der Waals surface area (Å²) in [5.74, 6) is 0.599. The van der Waals surface area contributed by atoms with Gasteiger partial charge in [-0.25, -0.2) is 0 Å². The highest BCUT2D eigenvalue weighted by atomic mass is 35.5. The van der Waals surface area contributed by atoms with Crippen LogP contribution in [0.1, 0.15) is 30.1 Å². The summed E-state index contributed by atoms with van der Waals surface area (Å²) < 4.78 is 10.4. The number of alkyl halides is 1. The predicted octanol–water partition coefficient (Wildman–Crippen LogP) is 2.85. The van der Waals surface area contributed by atoms with E-state index in [4.69, 9.17) is 21.1 Å². The first-order chi connectivity index (χ1) is 9.67. The zero-order chi connectivity index (χ0) is 14.8. The van der Waals surface area contributed by atoms with Crippen molar-refractivity contribution in [2.45, 2.75) is 25.1 Å². The van der Waals surface area contributed by atoms with E-state index in [1.807, 2.05) is 19.1 Å². The summed E-state index contributed by atoms with van der Waals surface area (Å²) in [4.78, 5) is 12.0. The standard InChI is InChI=1S/C15H22ClNO3/c1-3-9-20-14-6-4-5-12(10-14)15(18)17-8-7-13(16)11-19-2/h4-6,10,13H,3,7-9,11H2,1-2H3,(H,17,18). The van der Waals surface area contributed by atoms with E-state index < -0.39 is 0 Å². The van der Waals surface area contributed by atoms with Gasteiger partial charge in [0.25, 0.3) is 5.91 Å². The highest BCUT2D eigenvalue weighted by molar-refractivity contribution is 6.20. The second-order valence-electron chi connectivity index (χ2n) is 4.47. The topological polar surface area (TPSA) is 47.6 Å². The number of ether oxygens (including phenoxy) is 2. The molecule has 4 nitrogen and oxygen atoms in total. The fourth-order valence-electron chi connectivity index (χ4n) is 1.66. The van der Waals surface area contributed by atoms with Crippen molar-refractivity contribution < 1.29 is 14.3 Å². The molecular weight excluding hydrogens is 278 g/mol. The Balaban J connectivity index is 2.42. The third-order valence-corrected chi connectivity index (χ3v) is 3.00. The molecule has 0 radical (unpaired) electrons. The van der Waals surface area contributed by atoms with Crippen molar-refractivity contribution in [3.63, 3.8) is 0 Å². The Bertz CT molecular complexity index is 412. The number of hydrogen-bond acceptors (Lipinski definition) is 3. The Kier molecular flexibility index (Phi) is 8.07. The largest absolute Gasteiger partial charge is 0.494 e. The number of rotatable bonds is 9. The lowest BCUT2D eigenvalue weighted by Gasteiger charge is -2.10. The normalized spacial score (nSPS) is 11.9. The summed E-state index contributed by atoms with van der Waals surface area (Å²) in [7, 11) is 1.61. The van der Waals surface area contributed by atoms with Crippen molar-refractivity contribution >= 4 is 17.5 Å². The van der Waals surface area contributed by atoms with E-state index in [2.05, 4.69) is 5.32 Å². The molecule has 0 saturated heterocycles. The second kappa shape index (κ2) is 9.61. The highest BCUT2D eigenvalue weighted by Crippen LogP contribution is 2.13. The average Bonchev–Trinajstić information content (AvgIpc) is 2.45. The number of benzene rings is 1. The maximum Gasteiger partial charge on any atom is 0.251 e. The number of amides is 1. The van der Waals surface area contributed by atoms with E-state index in [0.717, 1.165) is 6.42 Å². The van der Waals surface area contributed by atoms with Gasteiger partial charge in [-0.3, -0.25) is 4.79 Å². The van der Waals surface area contributed by atoms with E-state index in [9.17, 15) is 4.79 Å². The number of hydrogen-bond donors (Lipinski definition) is 1. The maximum absolute atomic E-state index is 12.0. The monoisotopic (exact) mass is 299 g/mol. The molecule has 0 aliphatic heterocycles. The minimum absolute atomic E-state index is 0.0838. The summed E-state index contributed by atoms with van der Waals surface area (Å²) in [5, 5.41) is 2.75. The molecule has 1 rings (SSSR count). The summed E-state index contributed by atoms with van der Waals surface area (Å²) in [6, 6.07) is 7.18. The molecular formula is C15H22ClNO3. The quantitative estimate of drug-likeness (QED) is 0.713. The van der Waals surface area contributed by atoms with Crippen LogP contribution in [-0.4, -0.2) is 38.2 Å². The van der Waals surface area contributed by atoms with Crippen LogP contribution in [-0.2, 0) is 4.74 Å². The van der Waals surface area contributed by atoms with Crippen molar-refractivity contribution in [1.82, 2.24) is 5.32 Å². The molecule has 0 saturated carbocycles. The van der Waals surface area contributed by atoms with Gasteiger partial charge in [0.2, 0.25) is 0 Å². The van der Waals surface area contributed by atoms with Gasteiger partial charge in [0.05, 0.1) is 18.6 Å². The molecule has 5 heteroatoms. The Labute approximate surface area is 125 Å². The van der Waals surface area contributed by atoms with Crippen LogP contribution in [0.25, 0.3) is 0 Å². The van der Waals surface area contributed by atoms with Crippen molar-refractivity contribution in [3.8, 4) is 5.75 Å². The van der Waals surface area contributed by atoms with Crippen molar-refractivity contribution in [1.29, 1.82) is 0 Å². The van der Waals surface area contributed by atoms with Crippen LogP contribution in [0.4, 0.5) is 0 Å². The Hall–Kier alpha value is -1.26. The molecule has 112 valence electrons. The smallest absolute Gasteiger partial charge is 0.251 e. The first kappa shape index (κ1) is 16.8. The zero-order valence-electron chi connectivity index (χ0n) is 12.0. The molecule has 0 heterocycles. The number of nitrogens with one attached hydrogen (secondary N) is 1. The number of halogens is 1. The van der Waals surface area contributed by atoms with Gasteiger partial charge in [0.15, 0.2) is 0 Å². The highest BCUT2D eigenvalue weighted by Gasteiger charge is 2.08. The van der Waals surface area contributed by atoms with Gasteiger partial charge in [0.1, 0.15) is 5.75 Å². The second-order valence-corrected chi connectivity index (χ2v) is 5.09. The number of carbonyl (C=O) groups excluding carboxylic acids is 1. The number of methoxy groups -OCH3 is 1. The molecule has 1 aromatic rings. The van der Waals surface area contributed by atoms with Crippen LogP contribution < -0.4 is 10.1 Å². The average molecular weight is 300 g/mol. The van der Waals surface area contributed by atoms with E-state index in [-0.39, 0.29) is 11.3 Å². The Morgan fingerprint density at radius 1 is 1.45 bits per heavy atom. The minimum atomic E-state index is -0.117. The van der Waals surface area contributed by atoms with Crippen LogP contribution in [0.15, 0.2) is 24.3 Å². The third-order valence-electron chi connectivity index (χ3n) is 2.66. The molecule has 1 aromatic carbocycles. The molecule has 1 N–H and O–H groups in total. The Morgan fingerprint density at radius 2 is 2.25 bits per heavy atom. The lowest BCUT2D eigenvalue weighted by molar-refractivity contribution is 0.0951. The third kappa shape index (κ3) is 6.26. The lowest BCUT2D eigenvalue weighted by Crippen LogP contribution is -2.27. The Morgan fingerprint density at radius 3 is 2.95 bits per heavy atom. The SMILES string of the molecule is CCCOc1cccc(C(=O)NCCC(Cl)COC)c1. The minimum Gasteiger partial charge on any atom is -0.494 e. The van der Waals surface area contributed by atoms with Crippen LogP contribution in [0.5, 0.6) is 5.75 Å². The zero-order valence-corrected chi connectivity index (χ0v) is 12.8. The van der Waals surface area contributed by atoms with Gasteiger partial charge in [-0.2, -0.15) is 0 Å². The maximum atomic E-state index is 12.0. The molecule has 0 fully saturated rings. The molecule has 1 atom stereocenters. The van der Waals surface area contributed by atoms with Crippen molar-refractivity contribution in [3.05, 3.63) is 29.8 Å². The van der Waals surface area contributed by atoms with E-state index in [0.29, 0.717) is 37.5 Å². The fourth-order valence-corrected chi connectivity index (χ4v) is 1.89. The summed E-state index contributed by atoms with van der Waals surface area (Å²) >= 11 is 6.00. The predicted molar refractivity (Wildman–Crippen MR) is 80.7 cm³/mol. The van der Waals surface area contributed by atoms with Gasteiger partial charge in [0, 0.05) is 19.2 Å². The van der Waals surface area contributed by atoms with Crippen LogP contribution in [0, 0.1) is 0 Å². The molecule has 20 heavy (non-hydrogen) atoms. The number of carbonyl (C=O) groups is 1. The van der Waals surface area contributed by atoms with Gasteiger partial charge >= 0.3 is 0 Å². The summed E-state index contributed by atoms with van der Waals surface area (Å²) in [5.41, 5.74) is 0.594. The van der Waals surface area contributed by atoms with Crippen LogP contribution in [0.3, 0.4) is 0 Å². The first-order valence-corrected chi connectivity index (χ1v) is 7.25. The van der Waals surface area contributed by atoms with Crippen LogP contribution in [0.2, 0.25) is 0 Å². The van der Waals surface area contributed by atoms with Gasteiger partial charge < -0.3 is 14.8 Å². The molecule has 1 amide bonds. The van der Waals surface area contributed by atoms with Gasteiger partial charge in [-0.05, 0) is 31.0 Å². The van der Waals surface area contributed by atoms with E-state index >= 15 is 0 Å². The lowest BCUT2D eigenvalue weighted by atomic mass is 10.2. The van der Waals surface area contributed by atoms with Crippen molar-refractivity contribution in [2.75, 3.05) is 26.9 Å².